The van der Waals surface area contributed by atoms with Crippen LogP contribution < -0.4 is 5.73 Å². The van der Waals surface area contributed by atoms with E-state index >= 15 is 0 Å². The lowest BCUT2D eigenvalue weighted by atomic mass is 9.91. The summed E-state index contributed by atoms with van der Waals surface area (Å²) in [6.45, 7) is 6.02. The second kappa shape index (κ2) is 5.41. The minimum Gasteiger partial charge on any atom is -0.379 e. The van der Waals surface area contributed by atoms with Crippen LogP contribution in [0.5, 0.6) is 0 Å². The zero-order chi connectivity index (χ0) is 12.3. The van der Waals surface area contributed by atoms with Crippen molar-refractivity contribution in [3.8, 4) is 0 Å². The predicted octanol–water partition coefficient (Wildman–Crippen LogP) is 2.80. The average molecular weight is 225 g/mol. The number of halogens is 1. The third-order valence-corrected chi connectivity index (χ3v) is 2.88. The molecule has 1 aromatic rings. The number of benzene rings is 1. The molecule has 0 aliphatic rings. The standard InChI is InChI=1S/C13H20FNO/c1-8(2)13(16-4)12(15)11-7-10(14)6-5-9(11)3/h5-8,12-13H,15H2,1-4H3. The topological polar surface area (TPSA) is 35.2 Å². The fourth-order valence-corrected chi connectivity index (χ4v) is 1.98. The number of methoxy groups -OCH3 is 1. The molecule has 0 amide bonds. The van der Waals surface area contributed by atoms with Gasteiger partial charge in [-0.05, 0) is 36.1 Å². The monoisotopic (exact) mass is 225 g/mol. The van der Waals surface area contributed by atoms with E-state index in [4.69, 9.17) is 10.5 Å². The molecule has 2 N–H and O–H groups in total. The largest absolute Gasteiger partial charge is 0.379 e. The van der Waals surface area contributed by atoms with Crippen molar-refractivity contribution >= 4 is 0 Å². The molecule has 0 aliphatic heterocycles. The van der Waals surface area contributed by atoms with E-state index in [0.29, 0.717) is 5.92 Å². The van der Waals surface area contributed by atoms with Crippen LogP contribution in [0.4, 0.5) is 4.39 Å². The van der Waals surface area contributed by atoms with Crippen molar-refractivity contribution in [3.05, 3.63) is 35.1 Å². The first-order valence-electron chi connectivity index (χ1n) is 5.51. The number of hydrogen-bond donors (Lipinski definition) is 1. The van der Waals surface area contributed by atoms with Crippen LogP contribution in [0.1, 0.15) is 31.0 Å². The maximum absolute atomic E-state index is 13.2. The minimum absolute atomic E-state index is 0.0968. The van der Waals surface area contributed by atoms with Gasteiger partial charge in [0.05, 0.1) is 12.1 Å². The first-order chi connectivity index (χ1) is 7.47. The molecule has 0 radical (unpaired) electrons. The van der Waals surface area contributed by atoms with E-state index in [1.165, 1.54) is 12.1 Å². The summed E-state index contributed by atoms with van der Waals surface area (Å²) in [6, 6.07) is 4.40. The van der Waals surface area contributed by atoms with Gasteiger partial charge >= 0.3 is 0 Å². The van der Waals surface area contributed by atoms with E-state index < -0.39 is 0 Å². The van der Waals surface area contributed by atoms with Crippen molar-refractivity contribution in [1.29, 1.82) is 0 Å². The third kappa shape index (κ3) is 2.80. The normalized spacial score (nSPS) is 15.2. The quantitative estimate of drug-likeness (QED) is 0.855. The van der Waals surface area contributed by atoms with Gasteiger partial charge in [-0.25, -0.2) is 4.39 Å². The molecule has 3 heteroatoms. The van der Waals surface area contributed by atoms with E-state index in [1.807, 2.05) is 20.8 Å². The Morgan fingerprint density at radius 2 is 1.94 bits per heavy atom. The number of aryl methyl sites for hydroxylation is 1. The van der Waals surface area contributed by atoms with Gasteiger partial charge in [-0.3, -0.25) is 0 Å². The molecule has 0 aliphatic carbocycles. The van der Waals surface area contributed by atoms with Crippen LogP contribution in [0.25, 0.3) is 0 Å². The lowest BCUT2D eigenvalue weighted by Gasteiger charge is -2.27. The summed E-state index contributed by atoms with van der Waals surface area (Å²) in [5.41, 5.74) is 7.95. The van der Waals surface area contributed by atoms with Crippen molar-refractivity contribution < 1.29 is 9.13 Å². The van der Waals surface area contributed by atoms with Gasteiger partial charge in [0, 0.05) is 7.11 Å². The average Bonchev–Trinajstić information content (AvgIpc) is 2.22. The molecular weight excluding hydrogens is 205 g/mol. The zero-order valence-electron chi connectivity index (χ0n) is 10.3. The predicted molar refractivity (Wildman–Crippen MR) is 63.7 cm³/mol. The molecule has 0 fully saturated rings. The SMILES string of the molecule is COC(C(C)C)C(N)c1cc(F)ccc1C. The van der Waals surface area contributed by atoms with Crippen molar-refractivity contribution in [2.24, 2.45) is 11.7 Å². The summed E-state index contributed by atoms with van der Waals surface area (Å²) in [7, 11) is 1.64. The molecule has 1 aromatic carbocycles. The summed E-state index contributed by atoms with van der Waals surface area (Å²) in [5, 5.41) is 0. The van der Waals surface area contributed by atoms with E-state index in [1.54, 1.807) is 13.2 Å². The van der Waals surface area contributed by atoms with Crippen molar-refractivity contribution in [2.75, 3.05) is 7.11 Å². The van der Waals surface area contributed by atoms with E-state index in [0.717, 1.165) is 11.1 Å². The molecule has 0 aromatic heterocycles. The molecule has 0 spiro atoms. The van der Waals surface area contributed by atoms with Crippen LogP contribution in [0.3, 0.4) is 0 Å². The van der Waals surface area contributed by atoms with Gasteiger partial charge in [-0.1, -0.05) is 19.9 Å². The Bertz CT molecular complexity index is 352. The second-order valence-corrected chi connectivity index (χ2v) is 4.47. The van der Waals surface area contributed by atoms with Gasteiger partial charge in [-0.2, -0.15) is 0 Å². The molecule has 0 heterocycles. The lowest BCUT2D eigenvalue weighted by Crippen LogP contribution is -2.33. The van der Waals surface area contributed by atoms with Crippen LogP contribution in [0.2, 0.25) is 0 Å². The highest BCUT2D eigenvalue weighted by Crippen LogP contribution is 2.25. The molecule has 2 atom stereocenters. The smallest absolute Gasteiger partial charge is 0.123 e. The Labute approximate surface area is 96.6 Å². The van der Waals surface area contributed by atoms with E-state index in [9.17, 15) is 4.39 Å². The van der Waals surface area contributed by atoms with Crippen molar-refractivity contribution in [3.63, 3.8) is 0 Å². The Balaban J connectivity index is 3.02. The molecular formula is C13H20FNO. The van der Waals surface area contributed by atoms with Crippen LogP contribution in [0.15, 0.2) is 18.2 Å². The minimum atomic E-state index is -0.291. The fraction of sp³-hybridized carbons (Fsp3) is 0.538. The van der Waals surface area contributed by atoms with Gasteiger partial charge in [0.25, 0.3) is 0 Å². The highest BCUT2D eigenvalue weighted by Gasteiger charge is 2.23. The van der Waals surface area contributed by atoms with Crippen molar-refractivity contribution in [2.45, 2.75) is 32.9 Å². The Morgan fingerprint density at radius 1 is 1.31 bits per heavy atom. The zero-order valence-corrected chi connectivity index (χ0v) is 10.3. The van der Waals surface area contributed by atoms with Crippen LogP contribution >= 0.6 is 0 Å². The Kier molecular flexibility index (Phi) is 4.44. The summed E-state index contributed by atoms with van der Waals surface area (Å²) in [4.78, 5) is 0. The molecule has 1 rings (SSSR count). The number of nitrogens with two attached hydrogens (primary N) is 1. The number of ether oxygens (including phenoxy) is 1. The van der Waals surface area contributed by atoms with Crippen LogP contribution in [-0.4, -0.2) is 13.2 Å². The van der Waals surface area contributed by atoms with Gasteiger partial charge in [0.1, 0.15) is 5.82 Å². The summed E-state index contributed by atoms with van der Waals surface area (Å²) >= 11 is 0. The molecule has 90 valence electrons. The fourth-order valence-electron chi connectivity index (χ4n) is 1.98. The number of rotatable bonds is 4. The summed E-state index contributed by atoms with van der Waals surface area (Å²) in [5.74, 6) is 0.0392. The maximum atomic E-state index is 13.2. The van der Waals surface area contributed by atoms with Gasteiger partial charge in [0.15, 0.2) is 0 Å². The van der Waals surface area contributed by atoms with Crippen LogP contribution in [-0.2, 0) is 4.74 Å². The van der Waals surface area contributed by atoms with Gasteiger partial charge in [0.2, 0.25) is 0 Å². The molecule has 16 heavy (non-hydrogen) atoms. The summed E-state index contributed by atoms with van der Waals surface area (Å²) in [6.07, 6.45) is -0.0968. The molecule has 0 bridgehead atoms. The summed E-state index contributed by atoms with van der Waals surface area (Å²) < 4.78 is 18.6. The molecule has 2 unspecified atom stereocenters. The molecule has 0 saturated carbocycles. The highest BCUT2D eigenvalue weighted by molar-refractivity contribution is 5.30. The third-order valence-electron chi connectivity index (χ3n) is 2.88. The van der Waals surface area contributed by atoms with Gasteiger partial charge < -0.3 is 10.5 Å². The number of hydrogen-bond acceptors (Lipinski definition) is 2. The second-order valence-electron chi connectivity index (χ2n) is 4.47. The Hall–Kier alpha value is -0.930. The first-order valence-corrected chi connectivity index (χ1v) is 5.51. The highest BCUT2D eigenvalue weighted by atomic mass is 19.1. The van der Waals surface area contributed by atoms with E-state index in [2.05, 4.69) is 0 Å². The maximum Gasteiger partial charge on any atom is 0.123 e. The van der Waals surface area contributed by atoms with Crippen molar-refractivity contribution in [1.82, 2.24) is 0 Å². The Morgan fingerprint density at radius 3 is 2.44 bits per heavy atom. The van der Waals surface area contributed by atoms with E-state index in [-0.39, 0.29) is 18.0 Å². The lowest BCUT2D eigenvalue weighted by molar-refractivity contribution is 0.0435. The van der Waals surface area contributed by atoms with Crippen LogP contribution in [0, 0.1) is 18.7 Å². The molecule has 0 saturated heterocycles. The first kappa shape index (κ1) is 13.1. The van der Waals surface area contributed by atoms with Gasteiger partial charge in [-0.15, -0.1) is 0 Å². The molecule has 2 nitrogen and oxygen atoms in total.